The third-order valence-corrected chi connectivity index (χ3v) is 6.47. The van der Waals surface area contributed by atoms with Crippen LogP contribution in [-0.2, 0) is 0 Å². The number of rotatable bonds is 4. The summed E-state index contributed by atoms with van der Waals surface area (Å²) in [6.07, 6.45) is 1.15. The summed E-state index contributed by atoms with van der Waals surface area (Å²) in [5, 5.41) is 8.73. The van der Waals surface area contributed by atoms with Gasteiger partial charge in [-0.2, -0.15) is 10.1 Å². The van der Waals surface area contributed by atoms with Gasteiger partial charge >= 0.3 is 0 Å². The van der Waals surface area contributed by atoms with Crippen molar-refractivity contribution in [1.29, 1.82) is 0 Å². The largest absolute Gasteiger partial charge is 0.493 e. The van der Waals surface area contributed by atoms with E-state index < -0.39 is 6.10 Å². The van der Waals surface area contributed by atoms with E-state index >= 15 is 0 Å². The molecule has 0 saturated heterocycles. The molecule has 4 aromatic rings. The van der Waals surface area contributed by atoms with Gasteiger partial charge in [-0.25, -0.2) is 4.68 Å². The lowest BCUT2D eigenvalue weighted by molar-refractivity contribution is 0.222. The molecule has 3 heterocycles. The van der Waals surface area contributed by atoms with Gasteiger partial charge in [0.1, 0.15) is 24.2 Å². The van der Waals surface area contributed by atoms with Crippen LogP contribution in [0, 0.1) is 0 Å². The third kappa shape index (κ3) is 3.20. The van der Waals surface area contributed by atoms with Crippen LogP contribution in [0.1, 0.15) is 28.8 Å². The van der Waals surface area contributed by atoms with Gasteiger partial charge in [-0.15, -0.1) is 0 Å². The van der Waals surface area contributed by atoms with E-state index in [0.717, 1.165) is 33.7 Å². The topological polar surface area (TPSA) is 70.4 Å². The van der Waals surface area contributed by atoms with Gasteiger partial charge in [0.15, 0.2) is 11.5 Å². The highest BCUT2D eigenvalue weighted by Gasteiger charge is 2.41. The van der Waals surface area contributed by atoms with Gasteiger partial charge in [0.2, 0.25) is 5.95 Å². The number of halogens is 1. The molecular formula is C26H21ClN4O3. The summed E-state index contributed by atoms with van der Waals surface area (Å²) >= 11 is 6.21. The van der Waals surface area contributed by atoms with Crippen LogP contribution in [0.15, 0.2) is 78.6 Å². The second kappa shape index (κ2) is 8.11. The molecule has 1 N–H and O–H groups in total. The number of nitrogens with one attached hydrogen (secondary N) is 1. The zero-order valence-corrected chi connectivity index (χ0v) is 19.3. The van der Waals surface area contributed by atoms with Crippen LogP contribution >= 0.6 is 11.6 Å². The molecule has 1 aromatic heterocycles. The first kappa shape index (κ1) is 20.6. The average molecular weight is 473 g/mol. The molecule has 0 bridgehead atoms. The van der Waals surface area contributed by atoms with Crippen LogP contribution < -0.4 is 19.5 Å². The molecule has 34 heavy (non-hydrogen) atoms. The maximum Gasteiger partial charge on any atom is 0.226 e. The summed E-state index contributed by atoms with van der Waals surface area (Å²) < 4.78 is 19.6. The van der Waals surface area contributed by atoms with Crippen molar-refractivity contribution in [2.75, 3.05) is 19.5 Å². The first-order chi connectivity index (χ1) is 16.7. The van der Waals surface area contributed by atoms with Gasteiger partial charge in [0.05, 0.1) is 19.9 Å². The normalized spacial score (nSPS) is 18.2. The molecule has 6 rings (SSSR count). The molecule has 3 aromatic carbocycles. The molecular weight excluding hydrogens is 452 g/mol. The lowest BCUT2D eigenvalue weighted by Crippen LogP contribution is -2.32. The number of para-hydroxylation sites is 1. The Kier molecular flexibility index (Phi) is 4.92. The number of methoxy groups -OCH3 is 2. The first-order valence-corrected chi connectivity index (χ1v) is 11.2. The van der Waals surface area contributed by atoms with Crippen molar-refractivity contribution in [3.05, 3.63) is 100 Å². The van der Waals surface area contributed by atoms with Crippen molar-refractivity contribution >= 4 is 23.2 Å². The van der Waals surface area contributed by atoms with Crippen molar-refractivity contribution in [1.82, 2.24) is 14.8 Å². The maximum atomic E-state index is 6.65. The van der Waals surface area contributed by atoms with Crippen LogP contribution in [0.3, 0.4) is 0 Å². The van der Waals surface area contributed by atoms with Crippen LogP contribution in [0.5, 0.6) is 17.2 Å². The predicted molar refractivity (Wildman–Crippen MR) is 130 cm³/mol. The SMILES string of the molecule is COc1ccc([C@@H]2Oc3ccccc3C3=C2[C@@H](c2ccc(Cl)cc2)n2ncnc2N3)cc1OC. The van der Waals surface area contributed by atoms with Crippen LogP contribution in [0.25, 0.3) is 5.70 Å². The Morgan fingerprint density at radius 3 is 2.50 bits per heavy atom. The molecule has 0 fully saturated rings. The molecule has 8 heteroatoms. The van der Waals surface area contributed by atoms with Crippen LogP contribution in [0.4, 0.5) is 5.95 Å². The highest BCUT2D eigenvalue weighted by Crippen LogP contribution is 2.51. The molecule has 7 nitrogen and oxygen atoms in total. The van der Waals surface area contributed by atoms with E-state index in [0.29, 0.717) is 22.5 Å². The summed E-state index contributed by atoms with van der Waals surface area (Å²) in [5.74, 6) is 2.75. The highest BCUT2D eigenvalue weighted by atomic mass is 35.5. The minimum atomic E-state index is -0.407. The van der Waals surface area contributed by atoms with Crippen molar-refractivity contribution < 1.29 is 14.2 Å². The average Bonchev–Trinajstić information content (AvgIpc) is 3.35. The Balaban J connectivity index is 1.60. The number of fused-ring (bicyclic) bond motifs is 3. The summed E-state index contributed by atoms with van der Waals surface area (Å²) in [7, 11) is 3.25. The third-order valence-electron chi connectivity index (χ3n) is 6.22. The number of aromatic nitrogens is 3. The minimum absolute atomic E-state index is 0.252. The fraction of sp³-hybridized carbons (Fsp3) is 0.154. The second-order valence-corrected chi connectivity index (χ2v) is 8.48. The smallest absolute Gasteiger partial charge is 0.226 e. The van der Waals surface area contributed by atoms with E-state index in [9.17, 15) is 0 Å². The summed E-state index contributed by atoms with van der Waals surface area (Å²) in [6.45, 7) is 0. The minimum Gasteiger partial charge on any atom is -0.493 e. The van der Waals surface area contributed by atoms with E-state index in [1.807, 2.05) is 71.4 Å². The highest BCUT2D eigenvalue weighted by molar-refractivity contribution is 6.30. The standard InChI is InChI=1S/C26H21ClN4O3/c1-32-20-12-9-16(13-21(20)33-2)25-22-23(18-5-3-4-6-19(18)34-25)30-26-28-14-29-31(26)24(22)15-7-10-17(27)11-8-15/h3-14,24-25H,1-2H3,(H,28,29,30)/t24-,25+/m1/s1. The Morgan fingerprint density at radius 1 is 0.941 bits per heavy atom. The Bertz CT molecular complexity index is 1410. The van der Waals surface area contributed by atoms with Crippen molar-refractivity contribution in [2.45, 2.75) is 12.1 Å². The molecule has 2 aliphatic rings. The second-order valence-electron chi connectivity index (χ2n) is 8.05. The molecule has 0 spiro atoms. The Labute approximate surface area is 201 Å². The van der Waals surface area contributed by atoms with Gasteiger partial charge in [-0.3, -0.25) is 0 Å². The quantitative estimate of drug-likeness (QED) is 0.422. The Hall–Kier alpha value is -3.97. The molecule has 0 saturated carbocycles. The maximum absolute atomic E-state index is 6.65. The number of ether oxygens (including phenoxy) is 3. The Morgan fingerprint density at radius 2 is 1.71 bits per heavy atom. The van der Waals surface area contributed by atoms with E-state index in [-0.39, 0.29) is 6.04 Å². The molecule has 0 aliphatic carbocycles. The van der Waals surface area contributed by atoms with Crippen molar-refractivity contribution in [3.8, 4) is 17.2 Å². The molecule has 170 valence electrons. The zero-order valence-electron chi connectivity index (χ0n) is 18.5. The number of hydrogen-bond acceptors (Lipinski definition) is 6. The predicted octanol–water partition coefficient (Wildman–Crippen LogP) is 5.51. The summed E-state index contributed by atoms with van der Waals surface area (Å²) in [5.41, 5.74) is 4.92. The summed E-state index contributed by atoms with van der Waals surface area (Å²) in [6, 6.07) is 21.4. The molecule has 2 aliphatic heterocycles. The number of nitrogens with zero attached hydrogens (tertiary/aromatic N) is 3. The van der Waals surface area contributed by atoms with E-state index in [4.69, 9.17) is 25.8 Å². The number of anilines is 1. The zero-order chi connectivity index (χ0) is 23.2. The molecule has 0 radical (unpaired) electrons. The van der Waals surface area contributed by atoms with Crippen LogP contribution in [0.2, 0.25) is 5.02 Å². The van der Waals surface area contributed by atoms with Gasteiger partial charge in [0, 0.05) is 21.7 Å². The molecule has 0 unspecified atom stereocenters. The van der Waals surface area contributed by atoms with E-state index in [2.05, 4.69) is 15.4 Å². The lowest BCUT2D eigenvalue weighted by atomic mass is 9.84. The molecule has 2 atom stereocenters. The molecule has 0 amide bonds. The number of benzene rings is 3. The first-order valence-electron chi connectivity index (χ1n) is 10.8. The van der Waals surface area contributed by atoms with E-state index in [1.165, 1.54) is 0 Å². The monoisotopic (exact) mass is 472 g/mol. The van der Waals surface area contributed by atoms with Gasteiger partial charge in [-0.1, -0.05) is 41.9 Å². The van der Waals surface area contributed by atoms with E-state index in [1.54, 1.807) is 20.5 Å². The number of hydrogen-bond donors (Lipinski definition) is 1. The van der Waals surface area contributed by atoms with Gasteiger partial charge < -0.3 is 19.5 Å². The van der Waals surface area contributed by atoms with Crippen molar-refractivity contribution in [3.63, 3.8) is 0 Å². The lowest BCUT2D eigenvalue weighted by Gasteiger charge is -2.39. The van der Waals surface area contributed by atoms with Gasteiger partial charge in [0.25, 0.3) is 0 Å². The fourth-order valence-electron chi connectivity index (χ4n) is 4.67. The summed E-state index contributed by atoms with van der Waals surface area (Å²) in [4.78, 5) is 4.47. The van der Waals surface area contributed by atoms with Crippen molar-refractivity contribution in [2.24, 2.45) is 0 Å². The van der Waals surface area contributed by atoms with Crippen LogP contribution in [-0.4, -0.2) is 29.0 Å². The van der Waals surface area contributed by atoms with Gasteiger partial charge in [-0.05, 0) is 42.0 Å². The fourth-order valence-corrected chi connectivity index (χ4v) is 4.80.